The summed E-state index contributed by atoms with van der Waals surface area (Å²) in [6.45, 7) is 9.67. The van der Waals surface area contributed by atoms with Crippen molar-refractivity contribution >= 4 is 0 Å². The molecule has 0 radical (unpaired) electrons. The van der Waals surface area contributed by atoms with Crippen molar-refractivity contribution in [3.05, 3.63) is 0 Å². The van der Waals surface area contributed by atoms with E-state index in [-0.39, 0.29) is 0 Å². The van der Waals surface area contributed by atoms with Crippen molar-refractivity contribution in [2.75, 3.05) is 19.6 Å². The summed E-state index contributed by atoms with van der Waals surface area (Å²) < 4.78 is 0. The highest BCUT2D eigenvalue weighted by Crippen LogP contribution is 2.15. The molecule has 1 rings (SSSR count). The second-order valence-corrected chi connectivity index (χ2v) is 3.25. The highest BCUT2D eigenvalue weighted by Gasteiger charge is 2.17. The monoisotopic (exact) mass is 182 g/mol. The van der Waals surface area contributed by atoms with Gasteiger partial charge in [-0.05, 0) is 38.9 Å². The Morgan fingerprint density at radius 2 is 1.85 bits per heavy atom. The highest BCUT2D eigenvalue weighted by atomic mass is 15.1. The van der Waals surface area contributed by atoms with Gasteiger partial charge in [0.05, 0.1) is 6.07 Å². The summed E-state index contributed by atoms with van der Waals surface area (Å²) in [7, 11) is 0. The predicted octanol–water partition coefficient (Wildman–Crippen LogP) is 2.66. The number of hydrogen-bond donors (Lipinski definition) is 0. The molecule has 1 aliphatic heterocycles. The number of hydrogen-bond acceptors (Lipinski definition) is 2. The minimum atomic E-state index is 0.336. The van der Waals surface area contributed by atoms with Crippen molar-refractivity contribution in [3.8, 4) is 6.07 Å². The molecule has 76 valence electrons. The largest absolute Gasteiger partial charge is 0.303 e. The van der Waals surface area contributed by atoms with Gasteiger partial charge in [-0.2, -0.15) is 5.26 Å². The molecule has 0 aromatic heterocycles. The van der Waals surface area contributed by atoms with Crippen molar-refractivity contribution < 1.29 is 0 Å². The van der Waals surface area contributed by atoms with E-state index < -0.39 is 0 Å². The van der Waals surface area contributed by atoms with Crippen molar-refractivity contribution in [1.29, 1.82) is 5.26 Å². The Morgan fingerprint density at radius 1 is 1.31 bits per heavy atom. The van der Waals surface area contributed by atoms with E-state index in [1.807, 2.05) is 13.8 Å². The third-order valence-corrected chi connectivity index (χ3v) is 2.31. The quantitative estimate of drug-likeness (QED) is 0.656. The lowest BCUT2D eigenvalue weighted by molar-refractivity contribution is 0.206. The van der Waals surface area contributed by atoms with Crippen LogP contribution in [0, 0.1) is 17.2 Å². The van der Waals surface area contributed by atoms with Gasteiger partial charge in [-0.3, -0.25) is 0 Å². The highest BCUT2D eigenvalue weighted by molar-refractivity contribution is 4.87. The van der Waals surface area contributed by atoms with E-state index in [0.29, 0.717) is 5.92 Å². The van der Waals surface area contributed by atoms with E-state index in [0.717, 1.165) is 25.9 Å². The second kappa shape index (κ2) is 8.07. The lowest BCUT2D eigenvalue weighted by Crippen LogP contribution is -2.33. The van der Waals surface area contributed by atoms with E-state index >= 15 is 0 Å². The van der Waals surface area contributed by atoms with E-state index in [2.05, 4.69) is 17.9 Å². The molecule has 0 aromatic rings. The lowest BCUT2D eigenvalue weighted by Gasteiger charge is -2.28. The van der Waals surface area contributed by atoms with Gasteiger partial charge in [0.1, 0.15) is 0 Å². The summed E-state index contributed by atoms with van der Waals surface area (Å²) >= 11 is 0. The zero-order valence-electron chi connectivity index (χ0n) is 9.21. The maximum Gasteiger partial charge on any atom is 0.0656 e. The first-order chi connectivity index (χ1) is 6.36. The average Bonchev–Trinajstić information content (AvgIpc) is 2.23. The molecule has 0 unspecified atom stereocenters. The van der Waals surface area contributed by atoms with Crippen LogP contribution in [-0.4, -0.2) is 24.5 Å². The Morgan fingerprint density at radius 3 is 2.23 bits per heavy atom. The van der Waals surface area contributed by atoms with Crippen LogP contribution in [-0.2, 0) is 0 Å². The van der Waals surface area contributed by atoms with Gasteiger partial charge in [0, 0.05) is 5.92 Å². The molecule has 13 heavy (non-hydrogen) atoms. The fourth-order valence-corrected chi connectivity index (χ4v) is 1.60. The number of rotatable bonds is 2. The molecule has 1 aliphatic rings. The fraction of sp³-hybridized carbons (Fsp3) is 0.909. The van der Waals surface area contributed by atoms with Gasteiger partial charge in [0.15, 0.2) is 0 Å². The Labute approximate surface area is 82.5 Å². The summed E-state index contributed by atoms with van der Waals surface area (Å²) in [6, 6.07) is 2.34. The van der Waals surface area contributed by atoms with Crippen LogP contribution < -0.4 is 0 Å². The van der Waals surface area contributed by atoms with E-state index in [4.69, 9.17) is 5.26 Å². The fourth-order valence-electron chi connectivity index (χ4n) is 1.60. The van der Waals surface area contributed by atoms with Gasteiger partial charge >= 0.3 is 0 Å². The standard InChI is InChI=1S/C9H16N2.C2H6/c1-2-5-11-6-3-9(8-10)4-7-11;1-2/h9H,2-7H2,1H3;1-2H3. The van der Waals surface area contributed by atoms with Crippen LogP contribution in [0.2, 0.25) is 0 Å². The summed E-state index contributed by atoms with van der Waals surface area (Å²) in [6.07, 6.45) is 3.39. The number of nitrogens with zero attached hydrogens (tertiary/aromatic N) is 2. The first-order valence-electron chi connectivity index (χ1n) is 5.48. The topological polar surface area (TPSA) is 27.0 Å². The van der Waals surface area contributed by atoms with E-state index in [9.17, 15) is 0 Å². The molecular formula is C11H22N2. The van der Waals surface area contributed by atoms with Crippen LogP contribution in [0.15, 0.2) is 0 Å². The SMILES string of the molecule is CC.CCCN1CCC(C#N)CC1. The van der Waals surface area contributed by atoms with E-state index in [1.165, 1.54) is 13.0 Å². The Bertz CT molecular complexity index is 141. The van der Waals surface area contributed by atoms with Gasteiger partial charge < -0.3 is 4.90 Å². The van der Waals surface area contributed by atoms with Crippen molar-refractivity contribution in [1.82, 2.24) is 4.90 Å². The molecule has 1 fully saturated rings. The zero-order chi connectivity index (χ0) is 10.1. The second-order valence-electron chi connectivity index (χ2n) is 3.25. The first-order valence-corrected chi connectivity index (χ1v) is 5.48. The van der Waals surface area contributed by atoms with Crippen LogP contribution in [0.4, 0.5) is 0 Å². The molecule has 2 nitrogen and oxygen atoms in total. The van der Waals surface area contributed by atoms with Gasteiger partial charge in [0.25, 0.3) is 0 Å². The lowest BCUT2D eigenvalue weighted by atomic mass is 9.99. The number of piperidine rings is 1. The van der Waals surface area contributed by atoms with Crippen LogP contribution in [0.25, 0.3) is 0 Å². The van der Waals surface area contributed by atoms with Crippen molar-refractivity contribution in [3.63, 3.8) is 0 Å². The normalized spacial score (nSPS) is 18.6. The Kier molecular flexibility index (Phi) is 7.73. The van der Waals surface area contributed by atoms with Crippen LogP contribution in [0.5, 0.6) is 0 Å². The van der Waals surface area contributed by atoms with Crippen LogP contribution >= 0.6 is 0 Å². The maximum absolute atomic E-state index is 8.64. The molecule has 0 aliphatic carbocycles. The Balaban J connectivity index is 0.000000671. The molecule has 0 spiro atoms. The summed E-state index contributed by atoms with van der Waals surface area (Å²) in [5.74, 6) is 0.336. The Hall–Kier alpha value is -0.550. The van der Waals surface area contributed by atoms with Gasteiger partial charge in [-0.25, -0.2) is 0 Å². The molecule has 0 atom stereocenters. The molecule has 0 bridgehead atoms. The summed E-state index contributed by atoms with van der Waals surface area (Å²) in [5.41, 5.74) is 0. The van der Waals surface area contributed by atoms with Gasteiger partial charge in [0.2, 0.25) is 0 Å². The smallest absolute Gasteiger partial charge is 0.0656 e. The van der Waals surface area contributed by atoms with E-state index in [1.54, 1.807) is 0 Å². The minimum Gasteiger partial charge on any atom is -0.303 e. The third kappa shape index (κ3) is 4.90. The average molecular weight is 182 g/mol. The van der Waals surface area contributed by atoms with Crippen molar-refractivity contribution in [2.24, 2.45) is 5.92 Å². The molecule has 0 N–H and O–H groups in total. The number of nitriles is 1. The molecule has 1 heterocycles. The predicted molar refractivity (Wildman–Crippen MR) is 56.4 cm³/mol. The minimum absolute atomic E-state index is 0.336. The zero-order valence-corrected chi connectivity index (χ0v) is 9.21. The molecule has 0 saturated carbocycles. The number of likely N-dealkylation sites (tertiary alicyclic amines) is 1. The molecule has 0 amide bonds. The maximum atomic E-state index is 8.64. The van der Waals surface area contributed by atoms with Crippen LogP contribution in [0.3, 0.4) is 0 Å². The third-order valence-electron chi connectivity index (χ3n) is 2.31. The first kappa shape index (κ1) is 12.4. The molecule has 2 heteroatoms. The molecular weight excluding hydrogens is 160 g/mol. The summed E-state index contributed by atoms with van der Waals surface area (Å²) in [4.78, 5) is 2.45. The van der Waals surface area contributed by atoms with Crippen LogP contribution in [0.1, 0.15) is 40.0 Å². The molecule has 0 aromatic carbocycles. The van der Waals surface area contributed by atoms with Gasteiger partial charge in [-0.1, -0.05) is 20.8 Å². The van der Waals surface area contributed by atoms with Crippen molar-refractivity contribution in [2.45, 2.75) is 40.0 Å². The molecule has 1 saturated heterocycles. The van der Waals surface area contributed by atoms with Gasteiger partial charge in [-0.15, -0.1) is 0 Å². The summed E-state index contributed by atoms with van der Waals surface area (Å²) in [5, 5.41) is 8.64.